The van der Waals surface area contributed by atoms with Gasteiger partial charge in [-0.2, -0.15) is 13.2 Å². The highest BCUT2D eigenvalue weighted by atomic mass is 35.5. The fourth-order valence-corrected chi connectivity index (χ4v) is 2.40. The second kappa shape index (κ2) is 9.52. The first-order chi connectivity index (χ1) is 13.2. The number of methoxy groups -OCH3 is 1. The quantitative estimate of drug-likeness (QED) is 0.636. The first kappa shape index (κ1) is 21.6. The van der Waals surface area contributed by atoms with Crippen molar-refractivity contribution in [1.29, 1.82) is 0 Å². The molecule has 0 saturated carbocycles. The van der Waals surface area contributed by atoms with Gasteiger partial charge in [0.1, 0.15) is 24.2 Å². The summed E-state index contributed by atoms with van der Waals surface area (Å²) in [6.45, 7) is -0.468. The average Bonchev–Trinajstić information content (AvgIpc) is 2.64. The summed E-state index contributed by atoms with van der Waals surface area (Å²) in [6, 6.07) is 8.35. The molecule has 2 aromatic rings. The van der Waals surface area contributed by atoms with Gasteiger partial charge in [0.05, 0.1) is 17.7 Å². The highest BCUT2D eigenvalue weighted by Gasteiger charge is 2.30. The van der Waals surface area contributed by atoms with Crippen molar-refractivity contribution in [2.75, 3.05) is 25.6 Å². The molecule has 0 aliphatic carbocycles. The lowest BCUT2D eigenvalue weighted by Crippen LogP contribution is -2.37. The van der Waals surface area contributed by atoms with Crippen LogP contribution in [0.3, 0.4) is 0 Å². The van der Waals surface area contributed by atoms with Crippen LogP contribution >= 0.6 is 11.6 Å². The summed E-state index contributed by atoms with van der Waals surface area (Å²) in [5, 5.41) is 15.1. The fourth-order valence-electron chi connectivity index (χ4n) is 2.14. The van der Waals surface area contributed by atoms with E-state index >= 15 is 0 Å². The van der Waals surface area contributed by atoms with Gasteiger partial charge in [-0.25, -0.2) is 4.79 Å². The predicted octanol–water partition coefficient (Wildman–Crippen LogP) is 3.93. The number of carbonyl (C=O) groups excluding carboxylic acids is 1. The number of aliphatic hydroxyl groups excluding tert-OH is 1. The van der Waals surface area contributed by atoms with Gasteiger partial charge in [-0.05, 0) is 36.4 Å². The second-order valence-corrected chi connectivity index (χ2v) is 6.08. The zero-order valence-electron chi connectivity index (χ0n) is 14.7. The van der Waals surface area contributed by atoms with Crippen LogP contribution in [0.4, 0.5) is 23.7 Å². The lowest BCUT2D eigenvalue weighted by Gasteiger charge is -2.15. The number of benzene rings is 2. The van der Waals surface area contributed by atoms with Crippen LogP contribution in [0, 0.1) is 0 Å². The number of anilines is 1. The van der Waals surface area contributed by atoms with E-state index in [2.05, 4.69) is 10.6 Å². The molecular formula is C18H18ClF3N2O4. The third-order valence-corrected chi connectivity index (χ3v) is 3.81. The van der Waals surface area contributed by atoms with Gasteiger partial charge in [0.25, 0.3) is 0 Å². The van der Waals surface area contributed by atoms with Crippen LogP contribution in [0.25, 0.3) is 0 Å². The number of alkyl halides is 3. The fraction of sp³-hybridized carbons (Fsp3) is 0.278. The van der Waals surface area contributed by atoms with Gasteiger partial charge in [0.2, 0.25) is 0 Å². The minimum absolute atomic E-state index is 0.0359. The van der Waals surface area contributed by atoms with Crippen LogP contribution in [0.1, 0.15) is 5.56 Å². The van der Waals surface area contributed by atoms with Gasteiger partial charge in [-0.3, -0.25) is 0 Å². The Kier molecular flexibility index (Phi) is 7.36. The number of ether oxygens (including phenoxy) is 2. The maximum atomic E-state index is 12.6. The Morgan fingerprint density at radius 1 is 1.25 bits per heavy atom. The third-order valence-electron chi connectivity index (χ3n) is 3.51. The number of hydrogen-bond acceptors (Lipinski definition) is 4. The van der Waals surface area contributed by atoms with Gasteiger partial charge in [-0.15, -0.1) is 0 Å². The molecule has 10 heteroatoms. The van der Waals surface area contributed by atoms with E-state index in [9.17, 15) is 23.1 Å². The Bertz CT molecular complexity index is 818. The van der Waals surface area contributed by atoms with E-state index in [4.69, 9.17) is 21.1 Å². The molecule has 6 nitrogen and oxygen atoms in total. The number of urea groups is 1. The topological polar surface area (TPSA) is 79.8 Å². The number of carbonyl (C=O) groups is 1. The average molecular weight is 419 g/mol. The number of hydrogen-bond donors (Lipinski definition) is 3. The van der Waals surface area contributed by atoms with Crippen molar-refractivity contribution in [1.82, 2.24) is 5.32 Å². The Morgan fingerprint density at radius 3 is 2.64 bits per heavy atom. The molecule has 0 saturated heterocycles. The standard InChI is InChI=1S/C18H18ClF3N2O4/c1-27-16-6-5-12(8-15(16)19)24-17(26)23-9-13(25)10-28-14-4-2-3-11(7-14)18(20,21)22/h2-8,13,25H,9-10H2,1H3,(H2,23,24,26)/t13-/m0/s1. The molecule has 0 spiro atoms. The van der Waals surface area contributed by atoms with E-state index in [1.807, 2.05) is 0 Å². The summed E-state index contributed by atoms with van der Waals surface area (Å²) in [4.78, 5) is 11.8. The van der Waals surface area contributed by atoms with Crippen LogP contribution in [-0.2, 0) is 6.18 Å². The number of rotatable bonds is 7. The minimum atomic E-state index is -4.48. The van der Waals surface area contributed by atoms with Crippen molar-refractivity contribution in [2.24, 2.45) is 0 Å². The minimum Gasteiger partial charge on any atom is -0.495 e. The molecule has 0 aliphatic rings. The Hall–Kier alpha value is -2.65. The number of nitrogens with one attached hydrogen (secondary N) is 2. The van der Waals surface area contributed by atoms with Gasteiger partial charge < -0.3 is 25.2 Å². The maximum Gasteiger partial charge on any atom is 0.416 e. The number of halogens is 4. The van der Waals surface area contributed by atoms with Crippen molar-refractivity contribution in [3.8, 4) is 11.5 Å². The van der Waals surface area contributed by atoms with Crippen LogP contribution in [-0.4, -0.2) is 37.5 Å². The van der Waals surface area contributed by atoms with Crippen LogP contribution in [0.15, 0.2) is 42.5 Å². The number of aliphatic hydroxyl groups is 1. The van der Waals surface area contributed by atoms with Crippen molar-refractivity contribution in [3.63, 3.8) is 0 Å². The van der Waals surface area contributed by atoms with Crippen LogP contribution in [0.5, 0.6) is 11.5 Å². The first-order valence-corrected chi connectivity index (χ1v) is 8.43. The summed E-state index contributed by atoms with van der Waals surface area (Å²) >= 11 is 5.96. The lowest BCUT2D eigenvalue weighted by molar-refractivity contribution is -0.137. The summed E-state index contributed by atoms with van der Waals surface area (Å²) < 4.78 is 48.1. The van der Waals surface area contributed by atoms with Crippen LogP contribution in [0.2, 0.25) is 5.02 Å². The Labute approximate surface area is 164 Å². The predicted molar refractivity (Wildman–Crippen MR) is 98.0 cm³/mol. The Balaban J connectivity index is 1.78. The van der Waals surface area contributed by atoms with Crippen molar-refractivity contribution in [2.45, 2.75) is 12.3 Å². The summed E-state index contributed by atoms with van der Waals surface area (Å²) in [7, 11) is 1.46. The molecule has 152 valence electrons. The van der Waals surface area contributed by atoms with Crippen LogP contribution < -0.4 is 20.1 Å². The molecule has 0 heterocycles. The molecule has 2 rings (SSSR count). The third kappa shape index (κ3) is 6.50. The largest absolute Gasteiger partial charge is 0.495 e. The van der Waals surface area contributed by atoms with E-state index in [-0.39, 0.29) is 18.9 Å². The van der Waals surface area contributed by atoms with E-state index < -0.39 is 23.9 Å². The lowest BCUT2D eigenvalue weighted by atomic mass is 10.2. The molecule has 0 radical (unpaired) electrons. The van der Waals surface area contributed by atoms with Gasteiger partial charge in [0, 0.05) is 12.2 Å². The van der Waals surface area contributed by atoms with E-state index in [0.717, 1.165) is 12.1 Å². The monoisotopic (exact) mass is 418 g/mol. The highest BCUT2D eigenvalue weighted by Crippen LogP contribution is 2.31. The molecule has 0 bridgehead atoms. The first-order valence-electron chi connectivity index (χ1n) is 8.05. The second-order valence-electron chi connectivity index (χ2n) is 5.67. The summed E-state index contributed by atoms with van der Waals surface area (Å²) in [5.74, 6) is 0.418. The normalized spacial score (nSPS) is 12.2. The molecule has 0 aliphatic heterocycles. The molecule has 28 heavy (non-hydrogen) atoms. The number of amides is 2. The smallest absolute Gasteiger partial charge is 0.416 e. The molecule has 0 fully saturated rings. The molecule has 2 aromatic carbocycles. The Morgan fingerprint density at radius 2 is 2.00 bits per heavy atom. The molecule has 3 N–H and O–H groups in total. The zero-order valence-corrected chi connectivity index (χ0v) is 15.5. The van der Waals surface area contributed by atoms with Crippen molar-refractivity contribution < 1.29 is 32.5 Å². The molecule has 0 aromatic heterocycles. The van der Waals surface area contributed by atoms with Crippen molar-refractivity contribution >= 4 is 23.3 Å². The van der Waals surface area contributed by atoms with Gasteiger partial charge >= 0.3 is 12.2 Å². The maximum absolute atomic E-state index is 12.6. The van der Waals surface area contributed by atoms with E-state index in [1.54, 1.807) is 12.1 Å². The molecular weight excluding hydrogens is 401 g/mol. The SMILES string of the molecule is COc1ccc(NC(=O)NC[C@H](O)COc2cccc(C(F)(F)F)c2)cc1Cl. The molecule has 0 unspecified atom stereocenters. The van der Waals surface area contributed by atoms with E-state index in [1.165, 1.54) is 25.3 Å². The summed E-state index contributed by atoms with van der Waals surface area (Å²) in [5.41, 5.74) is -0.437. The zero-order chi connectivity index (χ0) is 20.7. The van der Waals surface area contributed by atoms with Crippen molar-refractivity contribution in [3.05, 3.63) is 53.1 Å². The van der Waals surface area contributed by atoms with Gasteiger partial charge in [0.15, 0.2) is 0 Å². The highest BCUT2D eigenvalue weighted by molar-refractivity contribution is 6.32. The van der Waals surface area contributed by atoms with E-state index in [0.29, 0.717) is 16.5 Å². The van der Waals surface area contributed by atoms with Gasteiger partial charge in [-0.1, -0.05) is 17.7 Å². The molecule has 2 amide bonds. The summed E-state index contributed by atoms with van der Waals surface area (Å²) in [6.07, 6.45) is -5.61. The molecule has 1 atom stereocenters.